The largest absolute Gasteiger partial charge is 0.379 e. The summed E-state index contributed by atoms with van der Waals surface area (Å²) < 4.78 is 0. The van der Waals surface area contributed by atoms with Crippen molar-refractivity contribution in [3.05, 3.63) is 108 Å². The van der Waals surface area contributed by atoms with E-state index < -0.39 is 0 Å². The van der Waals surface area contributed by atoms with E-state index in [0.717, 1.165) is 27.8 Å². The molecule has 4 aromatic rings. The summed E-state index contributed by atoms with van der Waals surface area (Å²) in [7, 11) is 0. The monoisotopic (exact) mass is 393 g/mol. The summed E-state index contributed by atoms with van der Waals surface area (Å²) in [5.41, 5.74) is 4.77. The minimum absolute atomic E-state index is 0.179. The van der Waals surface area contributed by atoms with Crippen LogP contribution in [0.4, 0.5) is 11.4 Å². The number of benzene rings is 3. The molecule has 3 aromatic carbocycles. The molecule has 148 valence electrons. The molecule has 0 spiro atoms. The Morgan fingerprint density at radius 3 is 2.40 bits per heavy atom. The molecule has 4 rings (SSSR count). The maximum absolute atomic E-state index is 12.3. The first-order chi connectivity index (χ1) is 14.7. The third-order valence-corrected chi connectivity index (χ3v) is 4.91. The van der Waals surface area contributed by atoms with Gasteiger partial charge in [-0.15, -0.1) is 0 Å². The van der Waals surface area contributed by atoms with E-state index in [1.165, 1.54) is 11.6 Å². The summed E-state index contributed by atoms with van der Waals surface area (Å²) in [6.07, 6.45) is 5.09. The molecule has 30 heavy (non-hydrogen) atoms. The van der Waals surface area contributed by atoms with Crippen LogP contribution >= 0.6 is 0 Å². The van der Waals surface area contributed by atoms with E-state index in [0.29, 0.717) is 0 Å². The number of nitrogens with one attached hydrogen (secondary N) is 2. The van der Waals surface area contributed by atoms with E-state index in [1.807, 2.05) is 72.8 Å². The zero-order valence-corrected chi connectivity index (χ0v) is 16.7. The number of anilines is 2. The maximum atomic E-state index is 12.3. The van der Waals surface area contributed by atoms with Crippen LogP contribution in [0.15, 0.2) is 97.2 Å². The zero-order chi connectivity index (χ0) is 20.8. The van der Waals surface area contributed by atoms with Gasteiger partial charge in [0.2, 0.25) is 5.91 Å². The number of nitrogens with zero attached hydrogens (tertiary/aromatic N) is 1. The molecular formula is C26H23N3O. The summed E-state index contributed by atoms with van der Waals surface area (Å²) in [6.45, 7) is 2.12. The fraction of sp³-hybridized carbons (Fsp3) is 0.0769. The lowest BCUT2D eigenvalue weighted by Gasteiger charge is -2.16. The van der Waals surface area contributed by atoms with Crippen molar-refractivity contribution < 1.29 is 4.79 Å². The van der Waals surface area contributed by atoms with Crippen LogP contribution in [0.5, 0.6) is 0 Å². The lowest BCUT2D eigenvalue weighted by Crippen LogP contribution is -2.08. The molecule has 0 radical (unpaired) electrons. The molecule has 1 unspecified atom stereocenters. The van der Waals surface area contributed by atoms with Crippen molar-refractivity contribution in [2.75, 3.05) is 10.6 Å². The number of hydrogen-bond acceptors (Lipinski definition) is 3. The van der Waals surface area contributed by atoms with Gasteiger partial charge in [-0.2, -0.15) is 0 Å². The highest BCUT2D eigenvalue weighted by molar-refractivity contribution is 6.03. The van der Waals surface area contributed by atoms with Crippen LogP contribution < -0.4 is 10.6 Å². The molecule has 0 aliphatic carbocycles. The molecule has 0 saturated carbocycles. The molecular weight excluding hydrogens is 370 g/mol. The Morgan fingerprint density at radius 2 is 1.60 bits per heavy atom. The van der Waals surface area contributed by atoms with Crippen molar-refractivity contribution in [1.29, 1.82) is 0 Å². The normalized spacial score (nSPS) is 12.0. The van der Waals surface area contributed by atoms with Gasteiger partial charge in [-0.3, -0.25) is 9.78 Å². The highest BCUT2D eigenvalue weighted by Crippen LogP contribution is 2.21. The molecule has 0 bridgehead atoms. The van der Waals surface area contributed by atoms with Crippen LogP contribution in [0.1, 0.15) is 24.1 Å². The lowest BCUT2D eigenvalue weighted by atomic mass is 10.1. The number of para-hydroxylation sites is 1. The van der Waals surface area contributed by atoms with E-state index in [2.05, 4.69) is 34.7 Å². The number of fused-ring (bicyclic) bond motifs is 1. The standard InChI is InChI=1S/C26H23N3O/c1-19(20-7-3-2-4-8-20)28-23-13-15-24(16-14-23)29-25(30)17-12-22-10-5-9-21-11-6-18-27-26(21)22/h2-19,28H,1H3,(H,29,30)/b17-12+. The van der Waals surface area contributed by atoms with Gasteiger partial charge in [-0.05, 0) is 48.9 Å². The maximum Gasteiger partial charge on any atom is 0.248 e. The minimum atomic E-state index is -0.179. The van der Waals surface area contributed by atoms with Crippen LogP contribution in [0, 0.1) is 0 Å². The highest BCUT2D eigenvalue weighted by atomic mass is 16.1. The third-order valence-electron chi connectivity index (χ3n) is 4.91. The number of pyridine rings is 1. The Morgan fingerprint density at radius 1 is 0.867 bits per heavy atom. The Kier molecular flexibility index (Phi) is 5.85. The number of amides is 1. The van der Waals surface area contributed by atoms with Gasteiger partial charge in [-0.25, -0.2) is 0 Å². The van der Waals surface area contributed by atoms with Crippen LogP contribution in [0.2, 0.25) is 0 Å². The van der Waals surface area contributed by atoms with Crippen molar-refractivity contribution in [1.82, 2.24) is 4.98 Å². The first-order valence-electron chi connectivity index (χ1n) is 9.93. The number of rotatable bonds is 6. The minimum Gasteiger partial charge on any atom is -0.379 e. The molecule has 0 aliphatic heterocycles. The van der Waals surface area contributed by atoms with E-state index in [9.17, 15) is 4.79 Å². The average molecular weight is 393 g/mol. The quantitative estimate of drug-likeness (QED) is 0.392. The summed E-state index contributed by atoms with van der Waals surface area (Å²) in [5, 5.41) is 7.42. The van der Waals surface area contributed by atoms with Gasteiger partial charge in [0.1, 0.15) is 0 Å². The van der Waals surface area contributed by atoms with Gasteiger partial charge >= 0.3 is 0 Å². The zero-order valence-electron chi connectivity index (χ0n) is 16.7. The van der Waals surface area contributed by atoms with Gasteiger partial charge in [0.15, 0.2) is 0 Å². The lowest BCUT2D eigenvalue weighted by molar-refractivity contribution is -0.111. The fourth-order valence-corrected chi connectivity index (χ4v) is 3.34. The van der Waals surface area contributed by atoms with Crippen LogP contribution in [0.25, 0.3) is 17.0 Å². The summed E-state index contributed by atoms with van der Waals surface area (Å²) in [5.74, 6) is -0.179. The predicted molar refractivity (Wildman–Crippen MR) is 124 cm³/mol. The SMILES string of the molecule is CC(Nc1ccc(NC(=O)/C=C/c2cccc3cccnc23)cc1)c1ccccc1. The Balaban J connectivity index is 1.38. The Labute approximate surface area is 176 Å². The number of aromatic nitrogens is 1. The Hall–Kier alpha value is -3.92. The molecule has 1 aromatic heterocycles. The van der Waals surface area contributed by atoms with Crippen LogP contribution in [-0.2, 0) is 4.79 Å². The first kappa shape index (κ1) is 19.4. The molecule has 1 atom stereocenters. The van der Waals surface area contributed by atoms with E-state index in [1.54, 1.807) is 12.3 Å². The molecule has 4 nitrogen and oxygen atoms in total. The number of hydrogen-bond donors (Lipinski definition) is 2. The summed E-state index contributed by atoms with van der Waals surface area (Å²) in [4.78, 5) is 16.7. The molecule has 4 heteroatoms. The van der Waals surface area contributed by atoms with Crippen LogP contribution in [0.3, 0.4) is 0 Å². The first-order valence-corrected chi connectivity index (χ1v) is 9.93. The number of carbonyl (C=O) groups is 1. The van der Waals surface area contributed by atoms with Crippen molar-refractivity contribution >= 4 is 34.3 Å². The van der Waals surface area contributed by atoms with E-state index in [-0.39, 0.29) is 11.9 Å². The molecule has 1 amide bonds. The van der Waals surface area contributed by atoms with Gasteiger partial charge in [0, 0.05) is 40.6 Å². The van der Waals surface area contributed by atoms with E-state index >= 15 is 0 Å². The average Bonchev–Trinajstić information content (AvgIpc) is 2.79. The second-order valence-electron chi connectivity index (χ2n) is 7.10. The number of carbonyl (C=O) groups excluding carboxylic acids is 1. The second kappa shape index (κ2) is 9.05. The predicted octanol–water partition coefficient (Wildman–Crippen LogP) is 6.06. The Bertz CT molecular complexity index is 1160. The van der Waals surface area contributed by atoms with Crippen molar-refractivity contribution in [2.24, 2.45) is 0 Å². The van der Waals surface area contributed by atoms with Crippen molar-refractivity contribution in [3.8, 4) is 0 Å². The van der Waals surface area contributed by atoms with Gasteiger partial charge in [-0.1, -0.05) is 54.6 Å². The molecule has 2 N–H and O–H groups in total. The fourth-order valence-electron chi connectivity index (χ4n) is 3.34. The topological polar surface area (TPSA) is 54.0 Å². The van der Waals surface area contributed by atoms with E-state index in [4.69, 9.17) is 0 Å². The third kappa shape index (κ3) is 4.73. The van der Waals surface area contributed by atoms with Gasteiger partial charge in [0.05, 0.1) is 5.52 Å². The van der Waals surface area contributed by atoms with Crippen LogP contribution in [-0.4, -0.2) is 10.9 Å². The second-order valence-corrected chi connectivity index (χ2v) is 7.10. The smallest absolute Gasteiger partial charge is 0.248 e. The summed E-state index contributed by atoms with van der Waals surface area (Å²) in [6, 6.07) is 28.0. The molecule has 0 saturated heterocycles. The molecule has 0 fully saturated rings. The van der Waals surface area contributed by atoms with Gasteiger partial charge in [0.25, 0.3) is 0 Å². The molecule has 0 aliphatic rings. The summed E-state index contributed by atoms with van der Waals surface area (Å²) >= 11 is 0. The molecule has 1 heterocycles. The van der Waals surface area contributed by atoms with Gasteiger partial charge < -0.3 is 10.6 Å². The van der Waals surface area contributed by atoms with Crippen molar-refractivity contribution in [2.45, 2.75) is 13.0 Å². The highest BCUT2D eigenvalue weighted by Gasteiger charge is 2.05. The van der Waals surface area contributed by atoms with Crippen molar-refractivity contribution in [3.63, 3.8) is 0 Å².